The van der Waals surface area contributed by atoms with Crippen LogP contribution in [0.2, 0.25) is 5.02 Å². The van der Waals surface area contributed by atoms with E-state index in [2.05, 4.69) is 0 Å². The number of rotatable bonds is 4. The Bertz CT molecular complexity index is 899. The van der Waals surface area contributed by atoms with Gasteiger partial charge in [-0.25, -0.2) is 0 Å². The minimum atomic E-state index is -0.525. The fraction of sp³-hybridized carbons (Fsp3) is 0.333. The van der Waals surface area contributed by atoms with Gasteiger partial charge in [-0.2, -0.15) is 4.39 Å². The van der Waals surface area contributed by atoms with E-state index in [1.165, 1.54) is 0 Å². The number of benzene rings is 2. The van der Waals surface area contributed by atoms with Gasteiger partial charge in [-0.3, -0.25) is 0 Å². The molecule has 2 aromatic carbocycles. The topological polar surface area (TPSA) is 40.8 Å². The molecule has 126 valence electrons. The Morgan fingerprint density at radius 1 is 1.17 bits per heavy atom. The lowest BCUT2D eigenvalue weighted by atomic mass is 10.1. The van der Waals surface area contributed by atoms with Gasteiger partial charge in [0.05, 0.1) is 13.2 Å². The van der Waals surface area contributed by atoms with Crippen molar-refractivity contribution in [3.8, 4) is 11.5 Å². The number of halogens is 2. The number of hydrogen-bond acceptors (Lipinski definition) is 4. The third-order valence-corrected chi connectivity index (χ3v) is 4.42. The maximum absolute atomic E-state index is 14.5. The van der Waals surface area contributed by atoms with E-state index in [4.69, 9.17) is 30.2 Å². The molecule has 0 radical (unpaired) electrons. The van der Waals surface area contributed by atoms with Crippen LogP contribution >= 0.6 is 11.6 Å². The molecular weight excluding hydrogens is 335 g/mol. The van der Waals surface area contributed by atoms with Crippen molar-refractivity contribution in [2.45, 2.75) is 26.1 Å². The lowest BCUT2D eigenvalue weighted by Gasteiger charge is -2.13. The Morgan fingerprint density at radius 3 is 2.62 bits per heavy atom. The van der Waals surface area contributed by atoms with Crippen molar-refractivity contribution in [3.05, 3.63) is 35.1 Å². The standard InChI is InChI=1S/C18H16ClFO4/c1-2-21-13-8-6-11-10-5-7-12(23-14-4-3-9-22-14)15(19)17(10)24-18(11)16(13)20/h5-8,14H,2-4,9H2,1H3. The Labute approximate surface area is 143 Å². The Morgan fingerprint density at radius 2 is 1.92 bits per heavy atom. The summed E-state index contributed by atoms with van der Waals surface area (Å²) >= 11 is 6.42. The van der Waals surface area contributed by atoms with Gasteiger partial charge < -0.3 is 18.6 Å². The number of hydrogen-bond donors (Lipinski definition) is 0. The fourth-order valence-corrected chi connectivity index (χ4v) is 3.19. The SMILES string of the molecule is CCOc1ccc2c(oc3c(Cl)c(OC4CCCO4)ccc32)c1F. The van der Waals surface area contributed by atoms with Gasteiger partial charge in [-0.15, -0.1) is 0 Å². The van der Waals surface area contributed by atoms with Crippen LogP contribution in [0.25, 0.3) is 21.9 Å². The minimum Gasteiger partial charge on any atom is -0.491 e. The molecule has 4 nitrogen and oxygen atoms in total. The Kier molecular flexibility index (Phi) is 3.98. The van der Waals surface area contributed by atoms with Crippen LogP contribution < -0.4 is 9.47 Å². The van der Waals surface area contributed by atoms with Crippen LogP contribution in [0.5, 0.6) is 11.5 Å². The van der Waals surface area contributed by atoms with Crippen LogP contribution in [0.15, 0.2) is 28.7 Å². The molecule has 24 heavy (non-hydrogen) atoms. The summed E-state index contributed by atoms with van der Waals surface area (Å²) in [5, 5.41) is 1.70. The van der Waals surface area contributed by atoms with E-state index in [1.807, 2.05) is 6.07 Å². The molecule has 1 fully saturated rings. The molecule has 0 aliphatic carbocycles. The molecule has 4 rings (SSSR count). The highest BCUT2D eigenvalue weighted by Gasteiger charge is 2.22. The van der Waals surface area contributed by atoms with Crippen molar-refractivity contribution in [2.24, 2.45) is 0 Å². The largest absolute Gasteiger partial charge is 0.491 e. The first-order valence-corrected chi connectivity index (χ1v) is 8.31. The molecule has 0 N–H and O–H groups in total. The lowest BCUT2D eigenvalue weighted by Crippen LogP contribution is -2.14. The molecule has 1 aliphatic rings. The molecular formula is C18H16ClFO4. The summed E-state index contributed by atoms with van der Waals surface area (Å²) in [6.07, 6.45) is 1.48. The van der Waals surface area contributed by atoms with Gasteiger partial charge in [-0.1, -0.05) is 11.6 Å². The molecule has 0 bridgehead atoms. The molecule has 6 heteroatoms. The maximum Gasteiger partial charge on any atom is 0.208 e. The highest BCUT2D eigenvalue weighted by atomic mass is 35.5. The summed E-state index contributed by atoms with van der Waals surface area (Å²) in [6, 6.07) is 6.94. The third-order valence-electron chi connectivity index (χ3n) is 4.06. The van der Waals surface area contributed by atoms with Crippen LogP contribution in [-0.2, 0) is 4.74 Å². The summed E-state index contributed by atoms with van der Waals surface area (Å²) in [6.45, 7) is 2.86. The smallest absolute Gasteiger partial charge is 0.208 e. The lowest BCUT2D eigenvalue weighted by molar-refractivity contribution is -0.0389. The summed E-state index contributed by atoms with van der Waals surface area (Å²) in [5.74, 6) is 0.111. The first kappa shape index (κ1) is 15.5. The zero-order valence-electron chi connectivity index (χ0n) is 13.1. The van der Waals surface area contributed by atoms with Crippen LogP contribution in [-0.4, -0.2) is 19.5 Å². The van der Waals surface area contributed by atoms with Crippen LogP contribution in [0.3, 0.4) is 0 Å². The van der Waals surface area contributed by atoms with Crippen molar-refractivity contribution in [3.63, 3.8) is 0 Å². The van der Waals surface area contributed by atoms with Gasteiger partial charge in [0.1, 0.15) is 10.8 Å². The monoisotopic (exact) mass is 350 g/mol. The van der Waals surface area contributed by atoms with E-state index < -0.39 is 5.82 Å². The molecule has 1 unspecified atom stereocenters. The van der Waals surface area contributed by atoms with Crippen molar-refractivity contribution < 1.29 is 23.0 Å². The van der Waals surface area contributed by atoms with Gasteiger partial charge in [-0.05, 0) is 37.6 Å². The van der Waals surface area contributed by atoms with Gasteiger partial charge in [0.25, 0.3) is 0 Å². The van der Waals surface area contributed by atoms with Crippen LogP contribution in [0.1, 0.15) is 19.8 Å². The van der Waals surface area contributed by atoms with Gasteiger partial charge in [0, 0.05) is 17.2 Å². The molecule has 1 aromatic heterocycles. The van der Waals surface area contributed by atoms with Crippen molar-refractivity contribution in [1.29, 1.82) is 0 Å². The van der Waals surface area contributed by atoms with E-state index in [0.29, 0.717) is 35.0 Å². The first-order valence-electron chi connectivity index (χ1n) is 7.93. The summed E-state index contributed by atoms with van der Waals surface area (Å²) in [5.41, 5.74) is 0.529. The predicted octanol–water partition coefficient (Wildman–Crippen LogP) is 5.29. The van der Waals surface area contributed by atoms with Gasteiger partial charge in [0.2, 0.25) is 5.82 Å². The predicted molar refractivity (Wildman–Crippen MR) is 89.5 cm³/mol. The van der Waals surface area contributed by atoms with E-state index in [0.717, 1.165) is 18.2 Å². The molecule has 3 aromatic rings. The van der Waals surface area contributed by atoms with Crippen molar-refractivity contribution >= 4 is 33.5 Å². The highest BCUT2D eigenvalue weighted by Crippen LogP contribution is 2.41. The maximum atomic E-state index is 14.5. The van der Waals surface area contributed by atoms with E-state index in [1.54, 1.807) is 25.1 Å². The Hall–Kier alpha value is -1.98. The number of furan rings is 1. The zero-order chi connectivity index (χ0) is 16.7. The third kappa shape index (κ3) is 2.48. The molecule has 0 spiro atoms. The molecule has 0 saturated carbocycles. The first-order chi connectivity index (χ1) is 11.7. The second-order valence-corrected chi connectivity index (χ2v) is 5.98. The summed E-state index contributed by atoms with van der Waals surface area (Å²) in [4.78, 5) is 0. The number of fused-ring (bicyclic) bond motifs is 3. The molecule has 0 amide bonds. The average Bonchev–Trinajstić information content (AvgIpc) is 3.21. The summed E-state index contributed by atoms with van der Waals surface area (Å²) in [7, 11) is 0. The minimum absolute atomic E-state index is 0.132. The van der Waals surface area contributed by atoms with Crippen molar-refractivity contribution in [2.75, 3.05) is 13.2 Å². The zero-order valence-corrected chi connectivity index (χ0v) is 13.9. The average molecular weight is 351 g/mol. The van der Waals surface area contributed by atoms with Gasteiger partial charge in [0.15, 0.2) is 23.2 Å². The normalized spacial score (nSPS) is 17.7. The quantitative estimate of drug-likeness (QED) is 0.640. The molecule has 1 aliphatic heterocycles. The Balaban J connectivity index is 1.82. The van der Waals surface area contributed by atoms with E-state index >= 15 is 0 Å². The molecule has 1 atom stereocenters. The summed E-state index contributed by atoms with van der Waals surface area (Å²) < 4.78 is 36.7. The highest BCUT2D eigenvalue weighted by molar-refractivity contribution is 6.37. The van der Waals surface area contributed by atoms with Gasteiger partial charge >= 0.3 is 0 Å². The van der Waals surface area contributed by atoms with E-state index in [9.17, 15) is 4.39 Å². The second kappa shape index (κ2) is 6.15. The van der Waals surface area contributed by atoms with Crippen molar-refractivity contribution in [1.82, 2.24) is 0 Å². The second-order valence-electron chi connectivity index (χ2n) is 5.60. The molecule has 2 heterocycles. The van der Waals surface area contributed by atoms with Crippen LogP contribution in [0.4, 0.5) is 4.39 Å². The molecule has 1 saturated heterocycles. The van der Waals surface area contributed by atoms with Crippen LogP contribution in [0, 0.1) is 5.82 Å². The van der Waals surface area contributed by atoms with E-state index in [-0.39, 0.29) is 17.6 Å². The number of ether oxygens (including phenoxy) is 3. The fourth-order valence-electron chi connectivity index (χ4n) is 2.94.